The molecule has 0 fully saturated rings. The van der Waals surface area contributed by atoms with Gasteiger partial charge in [-0.1, -0.05) is 59.6 Å². The van der Waals surface area contributed by atoms with Crippen molar-refractivity contribution in [2.45, 2.75) is 20.5 Å². The largest absolute Gasteiger partial charge is 0.481 e. The Balaban J connectivity index is 1.89. The van der Waals surface area contributed by atoms with Gasteiger partial charge in [-0.25, -0.2) is 4.39 Å². The van der Waals surface area contributed by atoms with Gasteiger partial charge in [-0.3, -0.25) is 4.79 Å². The van der Waals surface area contributed by atoms with Crippen molar-refractivity contribution in [3.63, 3.8) is 0 Å². The zero-order valence-electron chi connectivity index (χ0n) is 16.0. The molecule has 0 spiro atoms. The summed E-state index contributed by atoms with van der Waals surface area (Å²) >= 11 is 6.21. The van der Waals surface area contributed by atoms with E-state index < -0.39 is 5.82 Å². The first kappa shape index (κ1) is 19.2. The van der Waals surface area contributed by atoms with Gasteiger partial charge in [0.05, 0.1) is 5.39 Å². The first-order chi connectivity index (χ1) is 13.9. The topological polar surface area (TPSA) is 39.4 Å². The zero-order valence-corrected chi connectivity index (χ0v) is 16.7. The minimum atomic E-state index is -0.395. The van der Waals surface area contributed by atoms with Gasteiger partial charge in [-0.2, -0.15) is 0 Å². The second kappa shape index (κ2) is 7.72. The molecule has 0 unspecified atom stereocenters. The van der Waals surface area contributed by atoms with Crippen molar-refractivity contribution in [3.05, 3.63) is 98.4 Å². The van der Waals surface area contributed by atoms with Gasteiger partial charge in [0.25, 0.3) is 0 Å². The number of hydrogen-bond acceptors (Lipinski definition) is 3. The van der Waals surface area contributed by atoms with Crippen LogP contribution in [-0.2, 0) is 6.61 Å². The summed E-state index contributed by atoms with van der Waals surface area (Å²) in [5.41, 5.74) is 3.01. The summed E-state index contributed by atoms with van der Waals surface area (Å²) in [4.78, 5) is 13.2. The van der Waals surface area contributed by atoms with Gasteiger partial charge in [0.15, 0.2) is 5.76 Å². The highest BCUT2D eigenvalue weighted by Gasteiger charge is 2.19. The molecule has 0 aliphatic carbocycles. The van der Waals surface area contributed by atoms with Crippen LogP contribution >= 0.6 is 11.6 Å². The van der Waals surface area contributed by atoms with Crippen LogP contribution in [0.4, 0.5) is 4.39 Å². The molecular formula is C24H18ClFO3. The Morgan fingerprint density at radius 3 is 2.48 bits per heavy atom. The van der Waals surface area contributed by atoms with E-state index in [1.54, 1.807) is 30.3 Å². The number of halogens is 2. The summed E-state index contributed by atoms with van der Waals surface area (Å²) in [7, 11) is 0. The lowest BCUT2D eigenvalue weighted by molar-refractivity contribution is 0.292. The number of rotatable bonds is 4. The Labute approximate surface area is 172 Å². The molecule has 1 aromatic heterocycles. The Morgan fingerprint density at radius 1 is 1.03 bits per heavy atom. The number of benzene rings is 3. The van der Waals surface area contributed by atoms with Gasteiger partial charge in [0.1, 0.15) is 18.0 Å². The van der Waals surface area contributed by atoms with Gasteiger partial charge in [0.2, 0.25) is 11.2 Å². The molecule has 0 radical (unpaired) electrons. The van der Waals surface area contributed by atoms with Crippen molar-refractivity contribution in [2.24, 2.45) is 0 Å². The number of fused-ring (bicyclic) bond motifs is 1. The van der Waals surface area contributed by atoms with Crippen LogP contribution in [0.2, 0.25) is 5.02 Å². The fourth-order valence-electron chi connectivity index (χ4n) is 3.09. The highest BCUT2D eigenvalue weighted by molar-refractivity contribution is 6.32. The Kier molecular flexibility index (Phi) is 5.12. The van der Waals surface area contributed by atoms with Crippen molar-refractivity contribution >= 4 is 22.6 Å². The molecule has 4 aromatic rings. The summed E-state index contributed by atoms with van der Waals surface area (Å²) in [5, 5.41) is 0.785. The maximum atomic E-state index is 14.0. The van der Waals surface area contributed by atoms with Gasteiger partial charge >= 0.3 is 0 Å². The van der Waals surface area contributed by atoms with Crippen molar-refractivity contribution in [3.8, 4) is 17.1 Å². The molecule has 29 heavy (non-hydrogen) atoms. The maximum Gasteiger partial charge on any atom is 0.235 e. The molecule has 0 saturated carbocycles. The fraction of sp³-hybridized carbons (Fsp3) is 0.125. The van der Waals surface area contributed by atoms with E-state index in [1.807, 2.05) is 38.1 Å². The lowest BCUT2D eigenvalue weighted by atomic mass is 10.1. The van der Waals surface area contributed by atoms with Crippen LogP contribution in [0, 0.1) is 19.7 Å². The molecule has 1 heterocycles. The van der Waals surface area contributed by atoms with E-state index in [-0.39, 0.29) is 17.8 Å². The molecule has 0 N–H and O–H groups in total. The molecule has 0 saturated heterocycles. The number of hydrogen-bond donors (Lipinski definition) is 0. The van der Waals surface area contributed by atoms with E-state index in [1.165, 1.54) is 6.07 Å². The molecule has 0 atom stereocenters. The van der Waals surface area contributed by atoms with Crippen LogP contribution in [0.1, 0.15) is 16.7 Å². The molecule has 3 aromatic carbocycles. The van der Waals surface area contributed by atoms with Crippen LogP contribution in [0.3, 0.4) is 0 Å². The highest BCUT2D eigenvalue weighted by Crippen LogP contribution is 2.33. The van der Waals surface area contributed by atoms with Crippen LogP contribution in [0.25, 0.3) is 22.3 Å². The Bertz CT molecular complexity index is 1260. The van der Waals surface area contributed by atoms with Crippen LogP contribution in [0.15, 0.2) is 69.9 Å². The quantitative estimate of drug-likeness (QED) is 0.389. The number of ether oxygens (including phenoxy) is 1. The second-order valence-corrected chi connectivity index (χ2v) is 7.34. The molecule has 5 heteroatoms. The Hall–Kier alpha value is -3.11. The minimum Gasteiger partial charge on any atom is -0.481 e. The SMILES string of the molecule is Cc1ccc(-c2oc3cc(C)c(Cl)cc3c(=O)c2OCc2ccccc2F)cc1. The normalized spacial score (nSPS) is 11.0. The third-order valence-electron chi connectivity index (χ3n) is 4.77. The second-order valence-electron chi connectivity index (χ2n) is 6.93. The van der Waals surface area contributed by atoms with Crippen molar-refractivity contribution in [2.75, 3.05) is 0 Å². The molecule has 0 bridgehead atoms. The molecule has 0 amide bonds. The first-order valence-corrected chi connectivity index (χ1v) is 9.52. The summed E-state index contributed by atoms with van der Waals surface area (Å²) < 4.78 is 25.9. The van der Waals surface area contributed by atoms with E-state index in [2.05, 4.69) is 0 Å². The molecule has 4 rings (SSSR count). The number of aryl methyl sites for hydroxylation is 2. The summed E-state index contributed by atoms with van der Waals surface area (Å²) in [6.45, 7) is 3.72. The lowest BCUT2D eigenvalue weighted by Crippen LogP contribution is -2.11. The summed E-state index contributed by atoms with van der Waals surface area (Å²) in [5.74, 6) is -0.0571. The monoisotopic (exact) mass is 408 g/mol. The third kappa shape index (κ3) is 3.76. The standard InChI is InChI=1S/C24H18ClFO3/c1-14-7-9-16(10-8-14)23-24(28-13-17-5-3-4-6-20(17)26)22(27)18-12-19(25)15(2)11-21(18)29-23/h3-12H,13H2,1-2H3. The summed E-state index contributed by atoms with van der Waals surface area (Å²) in [6, 6.07) is 17.2. The minimum absolute atomic E-state index is 0.0320. The molecular weight excluding hydrogens is 391 g/mol. The van der Waals surface area contributed by atoms with E-state index >= 15 is 0 Å². The van der Waals surface area contributed by atoms with Crippen LogP contribution in [0.5, 0.6) is 5.75 Å². The van der Waals surface area contributed by atoms with Gasteiger partial charge < -0.3 is 9.15 Å². The molecule has 0 aliphatic heterocycles. The average molecular weight is 409 g/mol. The van der Waals surface area contributed by atoms with E-state index in [4.69, 9.17) is 20.8 Å². The zero-order chi connectivity index (χ0) is 20.5. The van der Waals surface area contributed by atoms with Crippen molar-refractivity contribution in [1.29, 1.82) is 0 Å². The molecule has 146 valence electrons. The predicted molar refractivity (Wildman–Crippen MR) is 113 cm³/mol. The molecule has 0 aliphatic rings. The van der Waals surface area contributed by atoms with E-state index in [9.17, 15) is 9.18 Å². The maximum absolute atomic E-state index is 14.0. The predicted octanol–water partition coefficient (Wildman–Crippen LogP) is 6.45. The summed E-state index contributed by atoms with van der Waals surface area (Å²) in [6.07, 6.45) is 0. The lowest BCUT2D eigenvalue weighted by Gasteiger charge is -2.13. The van der Waals surface area contributed by atoms with Gasteiger partial charge in [-0.15, -0.1) is 0 Å². The van der Waals surface area contributed by atoms with Crippen molar-refractivity contribution < 1.29 is 13.5 Å². The van der Waals surface area contributed by atoms with Crippen LogP contribution < -0.4 is 10.2 Å². The smallest absolute Gasteiger partial charge is 0.235 e. The highest BCUT2D eigenvalue weighted by atomic mass is 35.5. The Morgan fingerprint density at radius 2 is 1.76 bits per heavy atom. The third-order valence-corrected chi connectivity index (χ3v) is 5.18. The molecule has 3 nitrogen and oxygen atoms in total. The fourth-order valence-corrected chi connectivity index (χ4v) is 3.25. The van der Waals surface area contributed by atoms with E-state index in [0.717, 1.165) is 11.1 Å². The van der Waals surface area contributed by atoms with Gasteiger partial charge in [-0.05, 0) is 37.6 Å². The van der Waals surface area contributed by atoms with E-state index in [0.29, 0.717) is 32.9 Å². The van der Waals surface area contributed by atoms with Crippen LogP contribution in [-0.4, -0.2) is 0 Å². The average Bonchev–Trinajstić information content (AvgIpc) is 2.70. The van der Waals surface area contributed by atoms with Gasteiger partial charge in [0, 0.05) is 16.1 Å². The first-order valence-electron chi connectivity index (χ1n) is 9.14. The van der Waals surface area contributed by atoms with Crippen molar-refractivity contribution in [1.82, 2.24) is 0 Å².